The zero-order valence-electron chi connectivity index (χ0n) is 16.8. The molecular formula is C22H24N6O. The second kappa shape index (κ2) is 7.50. The van der Waals surface area contributed by atoms with Crippen molar-refractivity contribution in [2.75, 3.05) is 5.32 Å². The number of carbonyl (C=O) groups excluding carboxylic acids is 1. The van der Waals surface area contributed by atoms with Gasteiger partial charge in [0.05, 0.1) is 18.3 Å². The number of rotatable bonds is 5. The molecule has 0 atom stereocenters. The topological polar surface area (TPSA) is 77.6 Å². The highest BCUT2D eigenvalue weighted by atomic mass is 16.2. The third kappa shape index (κ3) is 4.18. The van der Waals surface area contributed by atoms with Crippen molar-refractivity contribution >= 4 is 22.8 Å². The van der Waals surface area contributed by atoms with Gasteiger partial charge >= 0.3 is 0 Å². The van der Waals surface area contributed by atoms with Gasteiger partial charge in [-0.1, -0.05) is 62.4 Å². The first-order valence-corrected chi connectivity index (χ1v) is 9.59. The molecule has 7 heteroatoms. The second-order valence-corrected chi connectivity index (χ2v) is 8.11. The summed E-state index contributed by atoms with van der Waals surface area (Å²) in [7, 11) is 0. The van der Waals surface area contributed by atoms with Crippen molar-refractivity contribution in [3.63, 3.8) is 0 Å². The van der Waals surface area contributed by atoms with Crippen LogP contribution in [-0.2, 0) is 23.3 Å². The molecule has 0 fully saturated rings. The van der Waals surface area contributed by atoms with Crippen molar-refractivity contribution in [3.05, 3.63) is 71.9 Å². The van der Waals surface area contributed by atoms with E-state index in [4.69, 9.17) is 0 Å². The van der Waals surface area contributed by atoms with Gasteiger partial charge in [-0.15, -0.1) is 5.10 Å². The van der Waals surface area contributed by atoms with Gasteiger partial charge in [-0.2, -0.15) is 5.10 Å². The number of amides is 1. The van der Waals surface area contributed by atoms with Crippen molar-refractivity contribution in [1.29, 1.82) is 0 Å². The average molecular weight is 388 g/mol. The number of aromatic nitrogens is 5. The Balaban J connectivity index is 1.44. The summed E-state index contributed by atoms with van der Waals surface area (Å²) in [6.45, 7) is 7.26. The summed E-state index contributed by atoms with van der Waals surface area (Å²) in [6.07, 6.45) is 1.68. The van der Waals surface area contributed by atoms with Gasteiger partial charge in [0.1, 0.15) is 17.9 Å². The molecule has 2 aromatic heterocycles. The highest BCUT2D eigenvalue weighted by molar-refractivity contribution is 5.90. The molecule has 0 unspecified atom stereocenters. The molecule has 2 heterocycles. The standard InChI is InChI=1S/C22H24N6O/c1-22(2,3)17-10-8-16(9-11-17)14-28-20(12-13-23-28)24-21(29)15-27-19-7-5-4-6-18(19)25-26-27/h4-13H,14-15H2,1-3H3,(H,24,29). The number of benzene rings is 2. The normalized spacial score (nSPS) is 11.7. The zero-order chi connectivity index (χ0) is 20.4. The van der Waals surface area contributed by atoms with E-state index in [9.17, 15) is 4.79 Å². The van der Waals surface area contributed by atoms with Gasteiger partial charge in [0.15, 0.2) is 0 Å². The molecule has 0 radical (unpaired) electrons. The number of hydrogen-bond donors (Lipinski definition) is 1. The number of anilines is 1. The molecule has 1 N–H and O–H groups in total. The minimum atomic E-state index is -0.175. The first kappa shape index (κ1) is 18.9. The molecule has 7 nitrogen and oxygen atoms in total. The SMILES string of the molecule is CC(C)(C)c1ccc(Cn2nccc2NC(=O)Cn2nnc3ccccc32)cc1. The summed E-state index contributed by atoms with van der Waals surface area (Å²) in [5, 5.41) is 15.4. The van der Waals surface area contributed by atoms with Crippen LogP contribution in [0.3, 0.4) is 0 Å². The third-order valence-corrected chi connectivity index (χ3v) is 4.85. The lowest BCUT2D eigenvalue weighted by Crippen LogP contribution is -2.21. The van der Waals surface area contributed by atoms with Crippen molar-refractivity contribution < 1.29 is 4.79 Å². The summed E-state index contributed by atoms with van der Waals surface area (Å²) in [5.41, 5.74) is 4.13. The van der Waals surface area contributed by atoms with Gasteiger partial charge in [0.2, 0.25) is 5.91 Å². The number of hydrogen-bond acceptors (Lipinski definition) is 4. The van der Waals surface area contributed by atoms with Gasteiger partial charge in [0.25, 0.3) is 0 Å². The molecule has 1 amide bonds. The van der Waals surface area contributed by atoms with Crippen LogP contribution in [0.5, 0.6) is 0 Å². The third-order valence-electron chi connectivity index (χ3n) is 4.85. The largest absolute Gasteiger partial charge is 0.309 e. The van der Waals surface area contributed by atoms with Crippen LogP contribution in [-0.4, -0.2) is 30.7 Å². The van der Waals surface area contributed by atoms with Gasteiger partial charge in [-0.25, -0.2) is 9.36 Å². The maximum absolute atomic E-state index is 12.5. The Labute approximate surface area is 169 Å². The smallest absolute Gasteiger partial charge is 0.247 e. The Bertz CT molecular complexity index is 1130. The molecule has 0 bridgehead atoms. The Hall–Kier alpha value is -3.48. The van der Waals surface area contributed by atoms with Crippen molar-refractivity contribution in [3.8, 4) is 0 Å². The highest BCUT2D eigenvalue weighted by Crippen LogP contribution is 2.22. The molecule has 4 rings (SSSR count). The summed E-state index contributed by atoms with van der Waals surface area (Å²) >= 11 is 0. The summed E-state index contributed by atoms with van der Waals surface area (Å²) in [6, 6.07) is 17.9. The van der Waals surface area contributed by atoms with Crippen LogP contribution in [0.25, 0.3) is 11.0 Å². The van der Waals surface area contributed by atoms with Gasteiger partial charge in [0, 0.05) is 6.07 Å². The van der Waals surface area contributed by atoms with Crippen LogP contribution < -0.4 is 5.32 Å². The predicted octanol–water partition coefficient (Wildman–Crippen LogP) is 3.61. The molecule has 0 saturated heterocycles. The molecule has 4 aromatic rings. The minimum absolute atomic E-state index is 0.0893. The molecule has 29 heavy (non-hydrogen) atoms. The second-order valence-electron chi connectivity index (χ2n) is 8.11. The van der Waals surface area contributed by atoms with E-state index >= 15 is 0 Å². The molecule has 148 valence electrons. The fourth-order valence-corrected chi connectivity index (χ4v) is 3.20. The molecule has 0 aliphatic heterocycles. The summed E-state index contributed by atoms with van der Waals surface area (Å²) < 4.78 is 3.38. The van der Waals surface area contributed by atoms with Crippen LogP contribution in [0.4, 0.5) is 5.82 Å². The number of fused-ring (bicyclic) bond motifs is 1. The number of carbonyl (C=O) groups is 1. The fraction of sp³-hybridized carbons (Fsp3) is 0.273. The highest BCUT2D eigenvalue weighted by Gasteiger charge is 2.14. The number of para-hydroxylation sites is 1. The van der Waals surface area contributed by atoms with Crippen molar-refractivity contribution in [2.24, 2.45) is 0 Å². The maximum Gasteiger partial charge on any atom is 0.247 e. The van der Waals surface area contributed by atoms with E-state index in [0.29, 0.717) is 12.4 Å². The lowest BCUT2D eigenvalue weighted by Gasteiger charge is -2.19. The Kier molecular flexibility index (Phi) is 4.88. The van der Waals surface area contributed by atoms with Crippen LogP contribution in [0.2, 0.25) is 0 Å². The van der Waals surface area contributed by atoms with E-state index < -0.39 is 0 Å². The van der Waals surface area contributed by atoms with E-state index in [1.807, 2.05) is 24.3 Å². The Morgan fingerprint density at radius 1 is 1.00 bits per heavy atom. The molecule has 0 aliphatic rings. The molecule has 0 saturated carbocycles. The lowest BCUT2D eigenvalue weighted by molar-refractivity contribution is -0.116. The van der Waals surface area contributed by atoms with Crippen molar-refractivity contribution in [2.45, 2.75) is 39.3 Å². The molecular weight excluding hydrogens is 364 g/mol. The van der Waals surface area contributed by atoms with E-state index in [1.54, 1.807) is 21.6 Å². The Morgan fingerprint density at radius 3 is 2.52 bits per heavy atom. The molecule has 0 aliphatic carbocycles. The van der Waals surface area contributed by atoms with E-state index in [1.165, 1.54) is 5.56 Å². The van der Waals surface area contributed by atoms with Crippen molar-refractivity contribution in [1.82, 2.24) is 24.8 Å². The average Bonchev–Trinajstić information content (AvgIpc) is 3.29. The lowest BCUT2D eigenvalue weighted by atomic mass is 9.87. The summed E-state index contributed by atoms with van der Waals surface area (Å²) in [4.78, 5) is 12.5. The maximum atomic E-state index is 12.5. The summed E-state index contributed by atoms with van der Waals surface area (Å²) in [5.74, 6) is 0.477. The molecule has 0 spiro atoms. The Morgan fingerprint density at radius 2 is 1.76 bits per heavy atom. The van der Waals surface area contributed by atoms with Crippen LogP contribution in [0, 0.1) is 0 Å². The van der Waals surface area contributed by atoms with E-state index in [0.717, 1.165) is 16.6 Å². The first-order valence-electron chi connectivity index (χ1n) is 9.59. The van der Waals surface area contributed by atoms with E-state index in [2.05, 4.69) is 65.8 Å². The van der Waals surface area contributed by atoms with Gasteiger partial charge in [-0.05, 0) is 28.7 Å². The zero-order valence-corrected chi connectivity index (χ0v) is 16.8. The number of nitrogens with one attached hydrogen (secondary N) is 1. The first-order chi connectivity index (χ1) is 13.9. The molecule has 2 aromatic carbocycles. The predicted molar refractivity (Wildman–Crippen MR) is 113 cm³/mol. The van der Waals surface area contributed by atoms with E-state index in [-0.39, 0.29) is 17.9 Å². The number of nitrogens with zero attached hydrogens (tertiary/aromatic N) is 5. The van der Waals surface area contributed by atoms with Gasteiger partial charge in [-0.3, -0.25) is 4.79 Å². The quantitative estimate of drug-likeness (QED) is 0.566. The van der Waals surface area contributed by atoms with Crippen LogP contribution in [0.15, 0.2) is 60.8 Å². The minimum Gasteiger partial charge on any atom is -0.309 e. The van der Waals surface area contributed by atoms with Crippen LogP contribution >= 0.6 is 0 Å². The fourth-order valence-electron chi connectivity index (χ4n) is 3.20. The van der Waals surface area contributed by atoms with Crippen LogP contribution in [0.1, 0.15) is 31.9 Å². The van der Waals surface area contributed by atoms with Gasteiger partial charge < -0.3 is 5.32 Å². The monoisotopic (exact) mass is 388 g/mol.